The number of sulfonamides is 1. The van der Waals surface area contributed by atoms with Crippen LogP contribution >= 0.6 is 0 Å². The molecule has 0 spiro atoms. The molecule has 0 aromatic carbocycles. The Morgan fingerprint density at radius 3 is 2.47 bits per heavy atom. The molecule has 0 aliphatic carbocycles. The third-order valence-corrected chi connectivity index (χ3v) is 4.06. The van der Waals surface area contributed by atoms with Gasteiger partial charge in [0.2, 0.25) is 10.0 Å². The standard InChI is InChI=1S/C11H19NO4S/c1-3-16-11(13)5-4-10-6-8-12(9-7-10)17(2,14)15/h4-5,10H,3,6-9H2,1-2H3/b5-4+. The summed E-state index contributed by atoms with van der Waals surface area (Å²) in [7, 11) is -3.07. The Kier molecular flexibility index (Phi) is 5.14. The van der Waals surface area contributed by atoms with Gasteiger partial charge < -0.3 is 4.74 Å². The number of esters is 1. The molecule has 0 aromatic rings. The molecule has 17 heavy (non-hydrogen) atoms. The summed E-state index contributed by atoms with van der Waals surface area (Å²) in [6.07, 6.45) is 5.98. The Labute approximate surface area is 102 Å². The Balaban J connectivity index is 2.40. The van der Waals surface area contributed by atoms with Crippen molar-refractivity contribution in [3.63, 3.8) is 0 Å². The van der Waals surface area contributed by atoms with Gasteiger partial charge in [-0.1, -0.05) is 6.08 Å². The van der Waals surface area contributed by atoms with Gasteiger partial charge in [-0.3, -0.25) is 0 Å². The monoisotopic (exact) mass is 261 g/mol. The number of carbonyl (C=O) groups is 1. The summed E-state index contributed by atoms with van der Waals surface area (Å²) in [5.41, 5.74) is 0. The Morgan fingerprint density at radius 2 is 2.00 bits per heavy atom. The summed E-state index contributed by atoms with van der Waals surface area (Å²) in [5, 5.41) is 0. The highest BCUT2D eigenvalue weighted by Gasteiger charge is 2.23. The van der Waals surface area contributed by atoms with Crippen molar-refractivity contribution in [3.05, 3.63) is 12.2 Å². The predicted octanol–water partition coefficient (Wildman–Crippen LogP) is 0.777. The van der Waals surface area contributed by atoms with Crippen molar-refractivity contribution in [2.24, 2.45) is 5.92 Å². The third kappa shape index (κ3) is 4.87. The highest BCUT2D eigenvalue weighted by Crippen LogP contribution is 2.20. The fraction of sp³-hybridized carbons (Fsp3) is 0.727. The molecule has 0 N–H and O–H groups in total. The van der Waals surface area contributed by atoms with Crippen molar-refractivity contribution in [3.8, 4) is 0 Å². The minimum atomic E-state index is -3.07. The fourth-order valence-electron chi connectivity index (χ4n) is 1.80. The molecule has 5 nitrogen and oxygen atoms in total. The van der Waals surface area contributed by atoms with Crippen LogP contribution in [0.2, 0.25) is 0 Å². The lowest BCUT2D eigenvalue weighted by Gasteiger charge is -2.28. The third-order valence-electron chi connectivity index (χ3n) is 2.76. The number of rotatable bonds is 4. The molecule has 1 fully saturated rings. The van der Waals surface area contributed by atoms with Gasteiger partial charge in [-0.2, -0.15) is 0 Å². The molecule has 0 unspecified atom stereocenters. The predicted molar refractivity (Wildman–Crippen MR) is 64.9 cm³/mol. The van der Waals surface area contributed by atoms with Gasteiger partial charge in [0.05, 0.1) is 12.9 Å². The van der Waals surface area contributed by atoms with Gasteiger partial charge in [-0.25, -0.2) is 17.5 Å². The summed E-state index contributed by atoms with van der Waals surface area (Å²) < 4.78 is 28.8. The second-order valence-electron chi connectivity index (χ2n) is 4.11. The van der Waals surface area contributed by atoms with E-state index in [-0.39, 0.29) is 11.9 Å². The van der Waals surface area contributed by atoms with Crippen LogP contribution in [-0.4, -0.2) is 44.6 Å². The highest BCUT2D eigenvalue weighted by molar-refractivity contribution is 7.88. The average Bonchev–Trinajstić information content (AvgIpc) is 2.26. The molecule has 98 valence electrons. The lowest BCUT2D eigenvalue weighted by atomic mass is 9.98. The molecule has 0 saturated carbocycles. The van der Waals surface area contributed by atoms with E-state index in [0.29, 0.717) is 19.7 Å². The first kappa shape index (κ1) is 14.2. The lowest BCUT2D eigenvalue weighted by Crippen LogP contribution is -2.37. The van der Waals surface area contributed by atoms with Gasteiger partial charge in [0, 0.05) is 19.2 Å². The maximum Gasteiger partial charge on any atom is 0.330 e. The normalized spacial score (nSPS) is 19.6. The van der Waals surface area contributed by atoms with E-state index in [2.05, 4.69) is 0 Å². The van der Waals surface area contributed by atoms with E-state index in [1.54, 1.807) is 6.92 Å². The molecule has 1 aliphatic heterocycles. The number of carbonyl (C=O) groups excluding carboxylic acids is 1. The Morgan fingerprint density at radius 1 is 1.41 bits per heavy atom. The largest absolute Gasteiger partial charge is 0.463 e. The first-order valence-corrected chi connectivity index (χ1v) is 7.58. The minimum Gasteiger partial charge on any atom is -0.463 e. The quantitative estimate of drug-likeness (QED) is 0.554. The summed E-state index contributed by atoms with van der Waals surface area (Å²) in [6.45, 7) is 3.18. The molecule has 1 heterocycles. The average molecular weight is 261 g/mol. The number of hydrogen-bond donors (Lipinski definition) is 0. The summed E-state index contributed by atoms with van der Waals surface area (Å²) in [6, 6.07) is 0. The number of hydrogen-bond acceptors (Lipinski definition) is 4. The molecule has 0 aromatic heterocycles. The second kappa shape index (κ2) is 6.16. The van der Waals surface area contributed by atoms with Gasteiger partial charge in [0.15, 0.2) is 0 Å². The van der Waals surface area contributed by atoms with E-state index in [9.17, 15) is 13.2 Å². The zero-order valence-corrected chi connectivity index (χ0v) is 11.1. The van der Waals surface area contributed by atoms with Crippen LogP contribution < -0.4 is 0 Å². The van der Waals surface area contributed by atoms with Crippen LogP contribution in [0.1, 0.15) is 19.8 Å². The van der Waals surface area contributed by atoms with Gasteiger partial charge in [-0.05, 0) is 25.7 Å². The van der Waals surface area contributed by atoms with Gasteiger partial charge in [-0.15, -0.1) is 0 Å². The molecule has 0 bridgehead atoms. The molecule has 0 atom stereocenters. The van der Waals surface area contributed by atoms with E-state index in [4.69, 9.17) is 4.74 Å². The molecule has 0 amide bonds. The minimum absolute atomic E-state index is 0.261. The number of allylic oxidation sites excluding steroid dienone is 1. The fourth-order valence-corrected chi connectivity index (χ4v) is 2.68. The maximum absolute atomic E-state index is 11.3. The number of piperidine rings is 1. The first-order valence-electron chi connectivity index (χ1n) is 5.73. The van der Waals surface area contributed by atoms with Crippen LogP contribution in [0.5, 0.6) is 0 Å². The molecular weight excluding hydrogens is 242 g/mol. The smallest absolute Gasteiger partial charge is 0.330 e. The van der Waals surface area contributed by atoms with E-state index in [1.807, 2.05) is 6.08 Å². The van der Waals surface area contributed by atoms with Gasteiger partial charge in [0.25, 0.3) is 0 Å². The summed E-state index contributed by atoms with van der Waals surface area (Å²) >= 11 is 0. The van der Waals surface area contributed by atoms with Crippen molar-refractivity contribution in [2.45, 2.75) is 19.8 Å². The number of ether oxygens (including phenoxy) is 1. The molecule has 0 radical (unpaired) electrons. The topological polar surface area (TPSA) is 63.7 Å². The van der Waals surface area contributed by atoms with Crippen LogP contribution in [0.15, 0.2) is 12.2 Å². The van der Waals surface area contributed by atoms with Crippen LogP contribution in [0, 0.1) is 5.92 Å². The summed E-state index contributed by atoms with van der Waals surface area (Å²) in [5.74, 6) is -0.0737. The van der Waals surface area contributed by atoms with Crippen molar-refractivity contribution in [1.29, 1.82) is 0 Å². The van der Waals surface area contributed by atoms with Crippen molar-refractivity contribution >= 4 is 16.0 Å². The Bertz CT molecular complexity index is 380. The van der Waals surface area contributed by atoms with Crippen LogP contribution in [0.25, 0.3) is 0 Å². The van der Waals surface area contributed by atoms with Crippen molar-refractivity contribution < 1.29 is 17.9 Å². The van der Waals surface area contributed by atoms with E-state index < -0.39 is 10.0 Å². The SMILES string of the molecule is CCOC(=O)/C=C/C1CCN(S(C)(=O)=O)CC1. The molecule has 1 rings (SSSR count). The molecular formula is C11H19NO4S. The first-order chi connectivity index (χ1) is 7.93. The zero-order valence-electron chi connectivity index (χ0n) is 10.3. The lowest BCUT2D eigenvalue weighted by molar-refractivity contribution is -0.137. The maximum atomic E-state index is 11.3. The highest BCUT2D eigenvalue weighted by atomic mass is 32.2. The summed E-state index contributed by atoms with van der Waals surface area (Å²) in [4.78, 5) is 11.1. The molecule has 6 heteroatoms. The van der Waals surface area contributed by atoms with Crippen LogP contribution in [0.3, 0.4) is 0 Å². The van der Waals surface area contributed by atoms with E-state index in [0.717, 1.165) is 12.8 Å². The van der Waals surface area contributed by atoms with E-state index >= 15 is 0 Å². The Hall–Kier alpha value is -0.880. The second-order valence-corrected chi connectivity index (χ2v) is 6.09. The van der Waals surface area contributed by atoms with Crippen LogP contribution in [-0.2, 0) is 19.6 Å². The van der Waals surface area contributed by atoms with Gasteiger partial charge >= 0.3 is 5.97 Å². The van der Waals surface area contributed by atoms with Gasteiger partial charge in [0.1, 0.15) is 0 Å². The molecule has 1 aliphatic rings. The van der Waals surface area contributed by atoms with Crippen molar-refractivity contribution in [1.82, 2.24) is 4.31 Å². The van der Waals surface area contributed by atoms with E-state index in [1.165, 1.54) is 16.6 Å². The zero-order chi connectivity index (χ0) is 12.9. The van der Waals surface area contributed by atoms with Crippen molar-refractivity contribution in [2.75, 3.05) is 26.0 Å². The van der Waals surface area contributed by atoms with Crippen LogP contribution in [0.4, 0.5) is 0 Å². The number of nitrogens with zero attached hydrogens (tertiary/aromatic N) is 1. The molecule has 1 saturated heterocycles.